The molecule has 2 aromatic heterocycles. The summed E-state index contributed by atoms with van der Waals surface area (Å²) in [6.45, 7) is 0.435. The molecule has 90 valence electrons. The van der Waals surface area contributed by atoms with E-state index in [1.807, 2.05) is 18.2 Å². The van der Waals surface area contributed by atoms with E-state index in [4.69, 9.17) is 16.0 Å². The van der Waals surface area contributed by atoms with Crippen molar-refractivity contribution in [2.45, 2.75) is 6.54 Å². The molecule has 6 nitrogen and oxygen atoms in total. The highest BCUT2D eigenvalue weighted by molar-refractivity contribution is 6.33. The molecule has 7 heteroatoms. The smallest absolute Gasteiger partial charge is 0.249 e. The molecule has 3 rings (SSSR count). The average molecular weight is 262 g/mol. The Balaban J connectivity index is 1.88. The second kappa shape index (κ2) is 4.58. The van der Waals surface area contributed by atoms with Gasteiger partial charge in [0.1, 0.15) is 19.2 Å². The van der Waals surface area contributed by atoms with Gasteiger partial charge < -0.3 is 8.98 Å². The fourth-order valence-corrected chi connectivity index (χ4v) is 1.74. The van der Waals surface area contributed by atoms with Gasteiger partial charge in [-0.05, 0) is 12.1 Å². The van der Waals surface area contributed by atoms with E-state index < -0.39 is 0 Å². The molecule has 0 aliphatic rings. The zero-order valence-electron chi connectivity index (χ0n) is 9.19. The number of nitrogens with zero attached hydrogens (tertiary/aromatic N) is 5. The van der Waals surface area contributed by atoms with Gasteiger partial charge in [-0.25, -0.2) is 0 Å². The molecule has 0 aliphatic carbocycles. The van der Waals surface area contributed by atoms with Crippen LogP contribution in [0.25, 0.3) is 11.5 Å². The van der Waals surface area contributed by atoms with E-state index in [9.17, 15) is 0 Å². The number of benzene rings is 1. The molecule has 1 aromatic carbocycles. The zero-order valence-corrected chi connectivity index (χ0v) is 9.95. The monoisotopic (exact) mass is 261 g/mol. The second-order valence-electron chi connectivity index (χ2n) is 3.62. The molecular weight excluding hydrogens is 254 g/mol. The SMILES string of the molecule is Clc1ccccc1-c1nnc(Cn2cnnc2)o1. The van der Waals surface area contributed by atoms with Crippen LogP contribution in [-0.2, 0) is 6.54 Å². The van der Waals surface area contributed by atoms with Crippen molar-refractivity contribution in [2.75, 3.05) is 0 Å². The molecule has 0 N–H and O–H groups in total. The van der Waals surface area contributed by atoms with Gasteiger partial charge in [-0.15, -0.1) is 20.4 Å². The van der Waals surface area contributed by atoms with E-state index in [-0.39, 0.29) is 0 Å². The number of rotatable bonds is 3. The van der Waals surface area contributed by atoms with Crippen molar-refractivity contribution >= 4 is 11.6 Å². The van der Waals surface area contributed by atoms with Crippen LogP contribution in [0.15, 0.2) is 41.3 Å². The predicted octanol–water partition coefficient (Wildman–Crippen LogP) is 2.03. The van der Waals surface area contributed by atoms with Crippen LogP contribution in [0.1, 0.15) is 5.89 Å². The van der Waals surface area contributed by atoms with Gasteiger partial charge in [0.2, 0.25) is 11.8 Å². The van der Waals surface area contributed by atoms with Crippen LogP contribution in [-0.4, -0.2) is 25.0 Å². The van der Waals surface area contributed by atoms with Gasteiger partial charge in [0, 0.05) is 0 Å². The van der Waals surface area contributed by atoms with E-state index in [1.54, 1.807) is 23.3 Å². The third-order valence-corrected chi connectivity index (χ3v) is 2.69. The van der Waals surface area contributed by atoms with Crippen molar-refractivity contribution < 1.29 is 4.42 Å². The summed E-state index contributed by atoms with van der Waals surface area (Å²) in [6, 6.07) is 7.32. The average Bonchev–Trinajstić information content (AvgIpc) is 3.02. The Morgan fingerprint density at radius 1 is 1.11 bits per heavy atom. The Morgan fingerprint density at radius 2 is 1.89 bits per heavy atom. The molecule has 0 unspecified atom stereocenters. The molecule has 0 saturated heterocycles. The Labute approximate surface area is 107 Å². The number of halogens is 1. The molecule has 0 aliphatic heterocycles. The minimum atomic E-state index is 0.406. The Hall–Kier alpha value is -2.21. The standard InChI is InChI=1S/C11H8ClN5O/c12-9-4-2-1-3-8(9)11-16-15-10(18-11)5-17-6-13-14-7-17/h1-4,6-7H,5H2. The highest BCUT2D eigenvalue weighted by Crippen LogP contribution is 2.26. The van der Waals surface area contributed by atoms with Gasteiger partial charge in [0.05, 0.1) is 10.6 Å². The Morgan fingerprint density at radius 3 is 2.67 bits per heavy atom. The summed E-state index contributed by atoms with van der Waals surface area (Å²) in [7, 11) is 0. The maximum Gasteiger partial charge on any atom is 0.249 e. The van der Waals surface area contributed by atoms with E-state index in [1.165, 1.54) is 0 Å². The van der Waals surface area contributed by atoms with Gasteiger partial charge in [0.25, 0.3) is 0 Å². The van der Waals surface area contributed by atoms with E-state index >= 15 is 0 Å². The molecule has 0 atom stereocenters. The molecule has 0 saturated carbocycles. The third kappa shape index (κ3) is 2.10. The van der Waals surface area contributed by atoms with Gasteiger partial charge in [0.15, 0.2) is 0 Å². The summed E-state index contributed by atoms with van der Waals surface area (Å²) in [5.41, 5.74) is 0.724. The lowest BCUT2D eigenvalue weighted by molar-refractivity contribution is 0.488. The quantitative estimate of drug-likeness (QED) is 0.721. The van der Waals surface area contributed by atoms with Gasteiger partial charge >= 0.3 is 0 Å². The first-order chi connectivity index (χ1) is 8.83. The van der Waals surface area contributed by atoms with Crippen LogP contribution in [0.5, 0.6) is 0 Å². The highest BCUT2D eigenvalue weighted by atomic mass is 35.5. The molecule has 0 spiro atoms. The number of hydrogen-bond acceptors (Lipinski definition) is 5. The van der Waals surface area contributed by atoms with Crippen LogP contribution < -0.4 is 0 Å². The van der Waals surface area contributed by atoms with Crippen LogP contribution in [0.2, 0.25) is 5.02 Å². The summed E-state index contributed by atoms with van der Waals surface area (Å²) in [4.78, 5) is 0. The minimum Gasteiger partial charge on any atom is -0.419 e. The molecule has 3 aromatic rings. The van der Waals surface area contributed by atoms with Crippen molar-refractivity contribution in [2.24, 2.45) is 0 Å². The molecule has 18 heavy (non-hydrogen) atoms. The first kappa shape index (κ1) is 10.9. The van der Waals surface area contributed by atoms with E-state index in [2.05, 4.69) is 20.4 Å². The summed E-state index contributed by atoms with van der Waals surface area (Å²) >= 11 is 6.06. The van der Waals surface area contributed by atoms with E-state index in [0.717, 1.165) is 5.56 Å². The Bertz CT molecular complexity index is 649. The summed E-state index contributed by atoms with van der Waals surface area (Å²) in [5.74, 6) is 0.883. The second-order valence-corrected chi connectivity index (χ2v) is 4.02. The fraction of sp³-hybridized carbons (Fsp3) is 0.0909. The normalized spacial score (nSPS) is 10.7. The van der Waals surface area contributed by atoms with Crippen molar-refractivity contribution in [3.63, 3.8) is 0 Å². The lowest BCUT2D eigenvalue weighted by atomic mass is 10.2. The molecule has 0 radical (unpaired) electrons. The first-order valence-electron chi connectivity index (χ1n) is 5.22. The molecular formula is C11H8ClN5O. The lowest BCUT2D eigenvalue weighted by Gasteiger charge is -1.97. The summed E-state index contributed by atoms with van der Waals surface area (Å²) in [6.07, 6.45) is 3.17. The first-order valence-corrected chi connectivity index (χ1v) is 5.60. The van der Waals surface area contributed by atoms with Crippen molar-refractivity contribution in [1.29, 1.82) is 0 Å². The largest absolute Gasteiger partial charge is 0.419 e. The van der Waals surface area contributed by atoms with E-state index in [0.29, 0.717) is 23.3 Å². The zero-order chi connectivity index (χ0) is 12.4. The van der Waals surface area contributed by atoms with Gasteiger partial charge in [-0.3, -0.25) is 0 Å². The highest BCUT2D eigenvalue weighted by Gasteiger charge is 2.11. The summed E-state index contributed by atoms with van der Waals surface area (Å²) in [5, 5.41) is 15.9. The molecule has 0 amide bonds. The maximum absolute atomic E-state index is 6.06. The van der Waals surface area contributed by atoms with Crippen LogP contribution >= 0.6 is 11.6 Å². The lowest BCUT2D eigenvalue weighted by Crippen LogP contribution is -1.96. The Kier molecular flexibility index (Phi) is 2.77. The summed E-state index contributed by atoms with van der Waals surface area (Å²) < 4.78 is 7.28. The van der Waals surface area contributed by atoms with Crippen molar-refractivity contribution in [1.82, 2.24) is 25.0 Å². The van der Waals surface area contributed by atoms with Crippen molar-refractivity contribution in [3.8, 4) is 11.5 Å². The fourth-order valence-electron chi connectivity index (χ4n) is 1.52. The minimum absolute atomic E-state index is 0.406. The topological polar surface area (TPSA) is 69.6 Å². The molecule has 2 heterocycles. The maximum atomic E-state index is 6.06. The number of aromatic nitrogens is 5. The number of hydrogen-bond donors (Lipinski definition) is 0. The van der Waals surface area contributed by atoms with Crippen LogP contribution in [0, 0.1) is 0 Å². The third-order valence-electron chi connectivity index (χ3n) is 2.36. The van der Waals surface area contributed by atoms with Gasteiger partial charge in [-0.2, -0.15) is 0 Å². The van der Waals surface area contributed by atoms with Crippen LogP contribution in [0.3, 0.4) is 0 Å². The van der Waals surface area contributed by atoms with Crippen molar-refractivity contribution in [3.05, 3.63) is 47.8 Å². The van der Waals surface area contributed by atoms with Crippen LogP contribution in [0.4, 0.5) is 0 Å². The predicted molar refractivity (Wildman–Crippen MR) is 63.9 cm³/mol. The molecule has 0 bridgehead atoms. The molecule has 0 fully saturated rings. The van der Waals surface area contributed by atoms with Gasteiger partial charge in [-0.1, -0.05) is 23.7 Å².